The molecule has 0 aliphatic heterocycles. The molecule has 140 valence electrons. The highest BCUT2D eigenvalue weighted by Crippen LogP contribution is 2.11. The summed E-state index contributed by atoms with van der Waals surface area (Å²) in [5.41, 5.74) is 1.86. The van der Waals surface area contributed by atoms with E-state index in [2.05, 4.69) is 10.3 Å². The lowest BCUT2D eigenvalue weighted by Gasteiger charge is -2.19. The number of benzene rings is 1. The summed E-state index contributed by atoms with van der Waals surface area (Å²) >= 11 is 5.93. The summed E-state index contributed by atoms with van der Waals surface area (Å²) in [7, 11) is -3.41. The van der Waals surface area contributed by atoms with E-state index < -0.39 is 10.0 Å². The zero-order valence-electron chi connectivity index (χ0n) is 14.6. The van der Waals surface area contributed by atoms with Crippen molar-refractivity contribution in [1.82, 2.24) is 14.6 Å². The second-order valence-electron chi connectivity index (χ2n) is 5.93. The van der Waals surface area contributed by atoms with Gasteiger partial charge in [-0.1, -0.05) is 23.7 Å². The smallest absolute Gasteiger partial charge is 0.221 e. The van der Waals surface area contributed by atoms with Crippen LogP contribution in [0.1, 0.15) is 17.5 Å². The first kappa shape index (κ1) is 20.4. The van der Waals surface area contributed by atoms with Gasteiger partial charge in [0.2, 0.25) is 15.9 Å². The first-order valence-electron chi connectivity index (χ1n) is 8.20. The van der Waals surface area contributed by atoms with Gasteiger partial charge in [-0.15, -0.1) is 0 Å². The molecule has 0 saturated heterocycles. The van der Waals surface area contributed by atoms with Gasteiger partial charge in [0.25, 0.3) is 0 Å². The molecule has 2 rings (SSSR count). The summed E-state index contributed by atoms with van der Waals surface area (Å²) in [5.74, 6) is -0.185. The molecule has 0 fully saturated rings. The van der Waals surface area contributed by atoms with Gasteiger partial charge >= 0.3 is 0 Å². The van der Waals surface area contributed by atoms with E-state index in [0.29, 0.717) is 18.0 Å². The number of nitrogens with zero attached hydrogens (tertiary/aromatic N) is 2. The monoisotopic (exact) mass is 395 g/mol. The molecule has 0 radical (unpaired) electrons. The SMILES string of the molecule is CS(=O)(=O)N(CCC(=O)NCCc1cccc(Cl)c1)Cc1ccncc1. The minimum absolute atomic E-state index is 0.105. The number of nitrogens with one attached hydrogen (secondary N) is 1. The number of carbonyl (C=O) groups is 1. The van der Waals surface area contributed by atoms with E-state index in [0.717, 1.165) is 17.4 Å². The molecule has 1 amide bonds. The Morgan fingerprint density at radius 2 is 1.92 bits per heavy atom. The minimum Gasteiger partial charge on any atom is -0.356 e. The molecular formula is C18H22ClN3O3S. The van der Waals surface area contributed by atoms with Crippen molar-refractivity contribution in [2.45, 2.75) is 19.4 Å². The van der Waals surface area contributed by atoms with E-state index in [4.69, 9.17) is 11.6 Å². The molecule has 0 aliphatic rings. The van der Waals surface area contributed by atoms with E-state index in [1.54, 1.807) is 30.6 Å². The van der Waals surface area contributed by atoms with E-state index in [9.17, 15) is 13.2 Å². The molecule has 1 heterocycles. The lowest BCUT2D eigenvalue weighted by Crippen LogP contribution is -2.34. The molecule has 8 heteroatoms. The third kappa shape index (κ3) is 7.11. The number of amides is 1. The molecule has 1 N–H and O–H groups in total. The van der Waals surface area contributed by atoms with Crippen molar-refractivity contribution in [1.29, 1.82) is 0 Å². The van der Waals surface area contributed by atoms with Gasteiger partial charge in [-0.2, -0.15) is 4.31 Å². The van der Waals surface area contributed by atoms with Crippen LogP contribution in [0.4, 0.5) is 0 Å². The average molecular weight is 396 g/mol. The summed E-state index contributed by atoms with van der Waals surface area (Å²) in [5, 5.41) is 3.47. The molecule has 1 aromatic carbocycles. The molecule has 6 nitrogen and oxygen atoms in total. The Labute approximate surface area is 159 Å². The van der Waals surface area contributed by atoms with E-state index in [-0.39, 0.29) is 25.4 Å². The fraction of sp³-hybridized carbons (Fsp3) is 0.333. The normalized spacial score (nSPS) is 11.5. The number of sulfonamides is 1. The van der Waals surface area contributed by atoms with Crippen LogP contribution in [-0.4, -0.2) is 43.0 Å². The maximum absolute atomic E-state index is 12.0. The first-order valence-corrected chi connectivity index (χ1v) is 10.4. The predicted molar refractivity (Wildman–Crippen MR) is 102 cm³/mol. The van der Waals surface area contributed by atoms with Crippen molar-refractivity contribution in [3.63, 3.8) is 0 Å². The molecular weight excluding hydrogens is 374 g/mol. The third-order valence-corrected chi connectivity index (χ3v) is 5.28. The Hall–Kier alpha value is -1.96. The van der Waals surface area contributed by atoms with Crippen LogP contribution in [-0.2, 0) is 27.8 Å². The lowest BCUT2D eigenvalue weighted by atomic mass is 10.1. The van der Waals surface area contributed by atoms with Crippen LogP contribution in [0.2, 0.25) is 5.02 Å². The topological polar surface area (TPSA) is 79.4 Å². The van der Waals surface area contributed by atoms with Crippen molar-refractivity contribution >= 4 is 27.5 Å². The maximum atomic E-state index is 12.0. The Bertz CT molecular complexity index is 829. The predicted octanol–water partition coefficient (Wildman–Crippen LogP) is 2.25. The summed E-state index contributed by atoms with van der Waals surface area (Å²) in [6, 6.07) is 11.0. The van der Waals surface area contributed by atoms with E-state index in [1.807, 2.05) is 18.2 Å². The van der Waals surface area contributed by atoms with Crippen LogP contribution >= 0.6 is 11.6 Å². The zero-order valence-corrected chi connectivity index (χ0v) is 16.1. The Kier molecular flexibility index (Phi) is 7.56. The molecule has 26 heavy (non-hydrogen) atoms. The van der Waals surface area contributed by atoms with Gasteiger partial charge in [-0.25, -0.2) is 8.42 Å². The molecule has 0 unspecified atom stereocenters. The number of carbonyl (C=O) groups excluding carboxylic acids is 1. The second-order valence-corrected chi connectivity index (χ2v) is 8.35. The van der Waals surface area contributed by atoms with Crippen LogP contribution in [0.5, 0.6) is 0 Å². The highest BCUT2D eigenvalue weighted by molar-refractivity contribution is 7.88. The molecule has 0 atom stereocenters. The Morgan fingerprint density at radius 1 is 1.19 bits per heavy atom. The number of hydrogen-bond acceptors (Lipinski definition) is 4. The molecule has 1 aromatic heterocycles. The van der Waals surface area contributed by atoms with Crippen LogP contribution in [0.25, 0.3) is 0 Å². The average Bonchev–Trinajstić information content (AvgIpc) is 2.58. The van der Waals surface area contributed by atoms with Gasteiger partial charge in [0, 0.05) is 43.5 Å². The quantitative estimate of drug-likeness (QED) is 0.706. The van der Waals surface area contributed by atoms with Crippen molar-refractivity contribution < 1.29 is 13.2 Å². The first-order chi connectivity index (χ1) is 12.3. The summed E-state index contributed by atoms with van der Waals surface area (Å²) in [6.45, 7) is 0.823. The van der Waals surface area contributed by atoms with Gasteiger partial charge in [-0.05, 0) is 41.8 Å². The van der Waals surface area contributed by atoms with Gasteiger partial charge in [0.05, 0.1) is 6.26 Å². The van der Waals surface area contributed by atoms with E-state index >= 15 is 0 Å². The van der Waals surface area contributed by atoms with Gasteiger partial charge < -0.3 is 5.32 Å². The minimum atomic E-state index is -3.41. The van der Waals surface area contributed by atoms with Crippen LogP contribution in [0.3, 0.4) is 0 Å². The van der Waals surface area contributed by atoms with Crippen LogP contribution < -0.4 is 5.32 Å². The standard InChI is InChI=1S/C18H22ClN3O3S/c1-26(24,25)22(14-16-5-9-20-10-6-16)12-8-18(23)21-11-7-15-3-2-4-17(19)13-15/h2-6,9-10,13H,7-8,11-12,14H2,1H3,(H,21,23). The molecule has 0 aliphatic carbocycles. The Balaban J connectivity index is 1.81. The third-order valence-electron chi connectivity index (χ3n) is 3.79. The fourth-order valence-electron chi connectivity index (χ4n) is 2.41. The number of rotatable bonds is 9. The number of hydrogen-bond donors (Lipinski definition) is 1. The summed E-state index contributed by atoms with van der Waals surface area (Å²) in [6.07, 6.45) is 5.13. The summed E-state index contributed by atoms with van der Waals surface area (Å²) in [4.78, 5) is 15.9. The molecule has 0 saturated carbocycles. The fourth-order valence-corrected chi connectivity index (χ4v) is 3.43. The number of halogens is 1. The highest BCUT2D eigenvalue weighted by atomic mass is 35.5. The highest BCUT2D eigenvalue weighted by Gasteiger charge is 2.18. The number of pyridine rings is 1. The number of aromatic nitrogens is 1. The lowest BCUT2D eigenvalue weighted by molar-refractivity contribution is -0.121. The van der Waals surface area contributed by atoms with Crippen molar-refractivity contribution in [3.8, 4) is 0 Å². The molecule has 0 spiro atoms. The zero-order chi connectivity index (χ0) is 19.0. The van der Waals surface area contributed by atoms with Crippen LogP contribution in [0, 0.1) is 0 Å². The van der Waals surface area contributed by atoms with Crippen molar-refractivity contribution in [3.05, 3.63) is 64.9 Å². The van der Waals surface area contributed by atoms with Crippen LogP contribution in [0.15, 0.2) is 48.8 Å². The second kappa shape index (κ2) is 9.66. The van der Waals surface area contributed by atoms with Gasteiger partial charge in [0.15, 0.2) is 0 Å². The Morgan fingerprint density at radius 3 is 2.58 bits per heavy atom. The molecule has 2 aromatic rings. The van der Waals surface area contributed by atoms with E-state index in [1.165, 1.54) is 4.31 Å². The maximum Gasteiger partial charge on any atom is 0.221 e. The summed E-state index contributed by atoms with van der Waals surface area (Å²) < 4.78 is 25.2. The largest absolute Gasteiger partial charge is 0.356 e. The van der Waals surface area contributed by atoms with Gasteiger partial charge in [-0.3, -0.25) is 9.78 Å². The van der Waals surface area contributed by atoms with Gasteiger partial charge in [0.1, 0.15) is 0 Å². The molecule has 0 bridgehead atoms. The van der Waals surface area contributed by atoms with Crippen molar-refractivity contribution in [2.24, 2.45) is 0 Å². The van der Waals surface area contributed by atoms with Crippen molar-refractivity contribution in [2.75, 3.05) is 19.3 Å².